The van der Waals surface area contributed by atoms with Crippen LogP contribution in [0.25, 0.3) is 11.0 Å². The van der Waals surface area contributed by atoms with Gasteiger partial charge < -0.3 is 15.3 Å². The molecule has 0 spiro atoms. The lowest BCUT2D eigenvalue weighted by atomic mass is 10.00. The van der Waals surface area contributed by atoms with Crippen LogP contribution in [-0.4, -0.2) is 27.6 Å². The number of amides is 1. The molecule has 3 N–H and O–H groups in total. The molecular formula is C28H29ClN4O2. The zero-order valence-corrected chi connectivity index (χ0v) is 21.0. The van der Waals surface area contributed by atoms with Crippen molar-refractivity contribution in [2.24, 2.45) is 10.4 Å². The number of nitrogens with one attached hydrogen (secondary N) is 3. The average Bonchev–Trinajstić information content (AvgIpc) is 3.10. The average molecular weight is 489 g/mol. The number of aromatic amines is 2. The molecule has 6 nitrogen and oxygen atoms in total. The fourth-order valence-corrected chi connectivity index (χ4v) is 3.88. The van der Waals surface area contributed by atoms with Gasteiger partial charge >= 0.3 is 5.69 Å². The molecule has 0 saturated heterocycles. The summed E-state index contributed by atoms with van der Waals surface area (Å²) in [4.78, 5) is 35.0. The van der Waals surface area contributed by atoms with E-state index >= 15 is 0 Å². The van der Waals surface area contributed by atoms with Gasteiger partial charge in [0.1, 0.15) is 6.04 Å². The first kappa shape index (κ1) is 24.5. The van der Waals surface area contributed by atoms with Gasteiger partial charge in [0.2, 0.25) is 5.91 Å². The lowest BCUT2D eigenvalue weighted by molar-refractivity contribution is -0.117. The van der Waals surface area contributed by atoms with Crippen molar-refractivity contribution >= 4 is 39.9 Å². The molecule has 35 heavy (non-hydrogen) atoms. The Morgan fingerprint density at radius 3 is 2.29 bits per heavy atom. The molecule has 5 rings (SSSR count). The largest absolute Gasteiger partial charge is 0.324 e. The van der Waals surface area contributed by atoms with Crippen molar-refractivity contribution in [1.82, 2.24) is 9.97 Å². The second-order valence-electron chi connectivity index (χ2n) is 10.2. The summed E-state index contributed by atoms with van der Waals surface area (Å²) in [5, 5.41) is 3.53. The number of aromatic nitrogens is 2. The molecule has 2 heterocycles. The lowest BCUT2D eigenvalue weighted by Crippen LogP contribution is -2.27. The second-order valence-corrected chi connectivity index (χ2v) is 10.6. The normalized spacial score (nSPS) is 15.4. The molecule has 1 aliphatic heterocycles. The Balaban J connectivity index is 0.000000527. The minimum atomic E-state index is -0.602. The van der Waals surface area contributed by atoms with Crippen molar-refractivity contribution in [3.05, 3.63) is 98.9 Å². The minimum Gasteiger partial charge on any atom is -0.324 e. The smallest absolute Gasteiger partial charge is 0.323 e. The zero-order valence-electron chi connectivity index (χ0n) is 20.3. The highest BCUT2D eigenvalue weighted by atomic mass is 35.5. The van der Waals surface area contributed by atoms with E-state index in [0.29, 0.717) is 39.3 Å². The van der Waals surface area contributed by atoms with Crippen LogP contribution in [0.2, 0.25) is 5.02 Å². The van der Waals surface area contributed by atoms with E-state index in [1.165, 1.54) is 0 Å². The summed E-state index contributed by atoms with van der Waals surface area (Å²) in [6.07, 6.45) is 0.473. The molecule has 0 aliphatic carbocycles. The van der Waals surface area contributed by atoms with Crippen molar-refractivity contribution < 1.29 is 4.79 Å². The van der Waals surface area contributed by atoms with Gasteiger partial charge in [0, 0.05) is 22.6 Å². The van der Waals surface area contributed by atoms with Crippen molar-refractivity contribution in [3.8, 4) is 0 Å². The van der Waals surface area contributed by atoms with Gasteiger partial charge in [0.15, 0.2) is 0 Å². The Morgan fingerprint density at radius 2 is 1.57 bits per heavy atom. The molecule has 0 saturated carbocycles. The van der Waals surface area contributed by atoms with Crippen molar-refractivity contribution in [1.29, 1.82) is 0 Å². The number of rotatable bonds is 3. The van der Waals surface area contributed by atoms with Crippen LogP contribution in [0.5, 0.6) is 0 Å². The SMILES string of the molecule is CC(C)(C)C.O=C1Nc2ccc(Cl)cc2C(c2ccc3[nH]c(=O)[nH]c3c2)=NC1Cc1ccccc1. The molecule has 3 aromatic carbocycles. The Kier molecular flexibility index (Phi) is 6.94. The van der Waals surface area contributed by atoms with E-state index < -0.39 is 6.04 Å². The van der Waals surface area contributed by atoms with Crippen LogP contribution in [0, 0.1) is 5.41 Å². The first-order chi connectivity index (χ1) is 16.6. The van der Waals surface area contributed by atoms with E-state index in [1.54, 1.807) is 18.2 Å². The monoisotopic (exact) mass is 488 g/mol. The topological polar surface area (TPSA) is 90.1 Å². The molecule has 180 valence electrons. The number of imidazole rings is 1. The number of carbonyl (C=O) groups excluding carboxylic acids is 1. The summed E-state index contributed by atoms with van der Waals surface area (Å²) in [6, 6.07) is 20.1. The van der Waals surface area contributed by atoms with Crippen LogP contribution >= 0.6 is 11.6 Å². The lowest BCUT2D eigenvalue weighted by Gasteiger charge is -2.11. The first-order valence-corrected chi connectivity index (χ1v) is 11.9. The third-order valence-electron chi connectivity index (χ3n) is 5.14. The molecular weight excluding hydrogens is 460 g/mol. The maximum atomic E-state index is 13.0. The highest BCUT2D eigenvalue weighted by Crippen LogP contribution is 2.28. The van der Waals surface area contributed by atoms with Crippen LogP contribution < -0.4 is 11.0 Å². The highest BCUT2D eigenvalue weighted by Gasteiger charge is 2.26. The predicted octanol–water partition coefficient (Wildman–Crippen LogP) is 5.96. The molecule has 4 aromatic rings. The molecule has 1 atom stereocenters. The molecule has 0 radical (unpaired) electrons. The summed E-state index contributed by atoms with van der Waals surface area (Å²) < 4.78 is 0. The number of carbonyl (C=O) groups is 1. The van der Waals surface area contributed by atoms with Crippen LogP contribution in [0.15, 0.2) is 76.5 Å². The minimum absolute atomic E-state index is 0.173. The molecule has 0 bridgehead atoms. The summed E-state index contributed by atoms with van der Waals surface area (Å²) >= 11 is 6.26. The number of nitrogens with zero attached hydrogens (tertiary/aromatic N) is 1. The van der Waals surface area contributed by atoms with E-state index in [9.17, 15) is 9.59 Å². The molecule has 1 aliphatic rings. The number of hydrogen-bond donors (Lipinski definition) is 3. The predicted molar refractivity (Wildman–Crippen MR) is 144 cm³/mol. The number of anilines is 1. The first-order valence-electron chi connectivity index (χ1n) is 11.5. The number of benzene rings is 3. The fraction of sp³-hybridized carbons (Fsp3) is 0.250. The quantitative estimate of drug-likeness (QED) is 0.332. The Bertz CT molecular complexity index is 1440. The number of fused-ring (bicyclic) bond motifs is 2. The number of benzodiazepines with no additional fused rings is 1. The van der Waals surface area contributed by atoms with E-state index in [1.807, 2.05) is 48.5 Å². The number of aliphatic imine (C=N–C) groups is 1. The summed E-state index contributed by atoms with van der Waals surface area (Å²) in [6.45, 7) is 8.75. The Labute approximate surface area is 209 Å². The maximum absolute atomic E-state index is 13.0. The van der Waals surface area contributed by atoms with Crippen LogP contribution in [-0.2, 0) is 11.2 Å². The van der Waals surface area contributed by atoms with Gasteiger partial charge in [-0.2, -0.15) is 0 Å². The van der Waals surface area contributed by atoms with Crippen molar-refractivity contribution in [2.45, 2.75) is 40.2 Å². The highest BCUT2D eigenvalue weighted by molar-refractivity contribution is 6.32. The van der Waals surface area contributed by atoms with E-state index in [4.69, 9.17) is 16.6 Å². The standard InChI is InChI=1S/C23H17ClN4O2.C5H12/c24-15-7-9-17-16(12-15)21(14-6-8-18-19(11-14)28-23(30)27-18)25-20(22(29)26-17)10-13-4-2-1-3-5-13;1-5(2,3)4/h1-9,11-12,20H,10H2,(H,26,29)(H2,27,28,30);1-4H3. The summed E-state index contributed by atoms with van der Waals surface area (Å²) in [5.41, 5.74) is 5.46. The third-order valence-corrected chi connectivity index (χ3v) is 5.38. The van der Waals surface area contributed by atoms with Gasteiger partial charge in [-0.1, -0.05) is 75.7 Å². The fourth-order valence-electron chi connectivity index (χ4n) is 3.71. The van der Waals surface area contributed by atoms with Crippen molar-refractivity contribution in [3.63, 3.8) is 0 Å². The molecule has 1 amide bonds. The summed E-state index contributed by atoms with van der Waals surface area (Å²) in [5.74, 6) is -0.173. The third kappa shape index (κ3) is 6.28. The van der Waals surface area contributed by atoms with Gasteiger partial charge in [-0.15, -0.1) is 0 Å². The van der Waals surface area contributed by atoms with E-state index in [2.05, 4.69) is 43.0 Å². The van der Waals surface area contributed by atoms with Crippen molar-refractivity contribution in [2.75, 3.05) is 5.32 Å². The van der Waals surface area contributed by atoms with Crippen LogP contribution in [0.3, 0.4) is 0 Å². The van der Waals surface area contributed by atoms with E-state index in [0.717, 1.165) is 16.7 Å². The number of H-pyrrole nitrogens is 2. The molecule has 1 aromatic heterocycles. The zero-order chi connectivity index (χ0) is 25.2. The van der Waals surface area contributed by atoms with Gasteiger partial charge in [-0.05, 0) is 41.3 Å². The second kappa shape index (κ2) is 9.92. The molecule has 7 heteroatoms. The van der Waals surface area contributed by atoms with E-state index in [-0.39, 0.29) is 11.6 Å². The molecule has 0 fully saturated rings. The Hall–Kier alpha value is -3.64. The Morgan fingerprint density at radius 1 is 0.886 bits per heavy atom. The van der Waals surface area contributed by atoms with Gasteiger partial charge in [-0.25, -0.2) is 4.79 Å². The number of halogens is 1. The van der Waals surface area contributed by atoms with Crippen LogP contribution in [0.4, 0.5) is 5.69 Å². The van der Waals surface area contributed by atoms with Gasteiger partial charge in [-0.3, -0.25) is 9.79 Å². The molecule has 1 unspecified atom stereocenters. The maximum Gasteiger partial charge on any atom is 0.323 e. The summed E-state index contributed by atoms with van der Waals surface area (Å²) in [7, 11) is 0. The van der Waals surface area contributed by atoms with Gasteiger partial charge in [0.05, 0.1) is 22.4 Å². The van der Waals surface area contributed by atoms with Gasteiger partial charge in [0.25, 0.3) is 0 Å². The van der Waals surface area contributed by atoms with Crippen LogP contribution in [0.1, 0.15) is 44.4 Å². The number of hydrogen-bond acceptors (Lipinski definition) is 3.